The van der Waals surface area contributed by atoms with E-state index in [-0.39, 0.29) is 16.3 Å². The normalized spacial score (nSPS) is 10.9. The smallest absolute Gasteiger partial charge is 0.288 e. The first-order valence-electron chi connectivity index (χ1n) is 9.58. The second kappa shape index (κ2) is 8.32. The second-order valence-corrected chi connectivity index (χ2v) is 7.62. The van der Waals surface area contributed by atoms with Crippen molar-refractivity contribution in [1.29, 1.82) is 0 Å². The molecule has 0 aliphatic carbocycles. The van der Waals surface area contributed by atoms with Crippen molar-refractivity contribution >= 4 is 40.0 Å². The van der Waals surface area contributed by atoms with Crippen molar-refractivity contribution < 1.29 is 18.9 Å². The minimum absolute atomic E-state index is 0.0486. The van der Waals surface area contributed by atoms with Gasteiger partial charge in [0.15, 0.2) is 5.58 Å². The number of amides is 1. The van der Waals surface area contributed by atoms with E-state index in [1.807, 2.05) is 26.0 Å². The maximum atomic E-state index is 12.8. The summed E-state index contributed by atoms with van der Waals surface area (Å²) >= 11 is 5.83. The Morgan fingerprint density at radius 3 is 2.59 bits per heavy atom. The van der Waals surface area contributed by atoms with Crippen LogP contribution in [-0.4, -0.2) is 22.9 Å². The minimum Gasteiger partial charge on any atom is -0.495 e. The summed E-state index contributed by atoms with van der Waals surface area (Å²) in [5.41, 5.74) is 4.34. The molecule has 0 aliphatic rings. The lowest BCUT2D eigenvalue weighted by Gasteiger charge is -2.11. The highest BCUT2D eigenvalue weighted by molar-refractivity contribution is 6.32. The zero-order valence-corrected chi connectivity index (χ0v) is 18.2. The summed E-state index contributed by atoms with van der Waals surface area (Å²) in [7, 11) is 1.47. The number of nitro groups is 1. The Kier molecular flexibility index (Phi) is 5.54. The lowest BCUT2D eigenvalue weighted by Crippen LogP contribution is -2.13. The molecule has 3 aromatic carbocycles. The van der Waals surface area contributed by atoms with Crippen LogP contribution >= 0.6 is 11.6 Å². The molecule has 0 atom stereocenters. The van der Waals surface area contributed by atoms with Gasteiger partial charge in [-0.2, -0.15) is 0 Å². The number of hydrogen-bond acceptors (Lipinski definition) is 6. The number of benzene rings is 3. The molecule has 0 spiro atoms. The van der Waals surface area contributed by atoms with Crippen LogP contribution in [0.15, 0.2) is 52.9 Å². The number of nitrogens with zero attached hydrogens (tertiary/aromatic N) is 2. The van der Waals surface area contributed by atoms with Crippen LogP contribution in [-0.2, 0) is 0 Å². The minimum atomic E-state index is -0.642. The number of ether oxygens (including phenoxy) is 1. The van der Waals surface area contributed by atoms with E-state index in [0.717, 1.165) is 22.7 Å². The van der Waals surface area contributed by atoms with Crippen LogP contribution in [0.5, 0.6) is 5.75 Å². The molecule has 0 fully saturated rings. The van der Waals surface area contributed by atoms with Crippen molar-refractivity contribution in [3.8, 4) is 17.2 Å². The van der Waals surface area contributed by atoms with E-state index >= 15 is 0 Å². The molecule has 0 saturated heterocycles. The fourth-order valence-electron chi connectivity index (χ4n) is 3.23. The molecule has 8 nitrogen and oxygen atoms in total. The molecule has 4 aromatic rings. The van der Waals surface area contributed by atoms with Crippen molar-refractivity contribution in [3.05, 3.63) is 80.4 Å². The first-order chi connectivity index (χ1) is 15.3. The first-order valence-corrected chi connectivity index (χ1v) is 9.96. The van der Waals surface area contributed by atoms with Crippen LogP contribution in [0, 0.1) is 24.0 Å². The van der Waals surface area contributed by atoms with Crippen molar-refractivity contribution in [3.63, 3.8) is 0 Å². The van der Waals surface area contributed by atoms with E-state index in [9.17, 15) is 14.9 Å². The predicted octanol–water partition coefficient (Wildman–Crippen LogP) is 5.93. The number of rotatable bonds is 5. The third-order valence-corrected chi connectivity index (χ3v) is 5.42. The van der Waals surface area contributed by atoms with Crippen LogP contribution < -0.4 is 10.1 Å². The van der Waals surface area contributed by atoms with Crippen molar-refractivity contribution in [1.82, 2.24) is 4.98 Å². The average molecular weight is 452 g/mol. The summed E-state index contributed by atoms with van der Waals surface area (Å²) in [5, 5.41) is 13.8. The molecule has 32 heavy (non-hydrogen) atoms. The Labute approximate surface area is 187 Å². The topological polar surface area (TPSA) is 108 Å². The number of aryl methyl sites for hydroxylation is 2. The molecule has 1 N–H and O–H groups in total. The second-order valence-electron chi connectivity index (χ2n) is 7.22. The lowest BCUT2D eigenvalue weighted by molar-refractivity contribution is -0.384. The maximum absolute atomic E-state index is 12.8. The Morgan fingerprint density at radius 2 is 1.88 bits per heavy atom. The van der Waals surface area contributed by atoms with Crippen LogP contribution in [0.1, 0.15) is 21.5 Å². The van der Waals surface area contributed by atoms with E-state index in [1.54, 1.807) is 18.2 Å². The highest BCUT2D eigenvalue weighted by Gasteiger charge is 2.18. The summed E-state index contributed by atoms with van der Waals surface area (Å²) in [5.74, 6) is 0.252. The van der Waals surface area contributed by atoms with Gasteiger partial charge in [-0.05, 0) is 67.4 Å². The van der Waals surface area contributed by atoms with E-state index in [1.165, 1.54) is 19.2 Å². The fourth-order valence-corrected chi connectivity index (χ4v) is 3.42. The summed E-state index contributed by atoms with van der Waals surface area (Å²) < 4.78 is 11.3. The molecule has 0 aliphatic heterocycles. The molecule has 9 heteroatoms. The van der Waals surface area contributed by atoms with Crippen LogP contribution in [0.4, 0.5) is 11.4 Å². The Bertz CT molecular complexity index is 1340. The van der Waals surface area contributed by atoms with Gasteiger partial charge in [0, 0.05) is 17.2 Å². The van der Waals surface area contributed by atoms with Gasteiger partial charge in [-0.1, -0.05) is 11.6 Å². The summed E-state index contributed by atoms with van der Waals surface area (Å²) in [4.78, 5) is 27.8. The molecule has 0 saturated carbocycles. The van der Waals surface area contributed by atoms with Crippen LogP contribution in [0.25, 0.3) is 22.6 Å². The molecule has 0 unspecified atom stereocenters. The number of fused-ring (bicyclic) bond motifs is 1. The number of aromatic nitrogens is 1. The number of halogens is 1. The maximum Gasteiger partial charge on any atom is 0.288 e. The molecule has 162 valence electrons. The standard InChI is InChI=1S/C23H18ClN3O5/c1-12-8-17-21(9-13(12)2)32-23(26-17)15-5-7-20(31-3)18(10-15)25-22(28)14-4-6-16(24)19(11-14)27(29)30/h4-11H,1-3H3,(H,25,28). The highest BCUT2D eigenvalue weighted by atomic mass is 35.5. The third-order valence-electron chi connectivity index (χ3n) is 5.10. The third kappa shape index (κ3) is 4.00. The highest BCUT2D eigenvalue weighted by Crippen LogP contribution is 2.33. The lowest BCUT2D eigenvalue weighted by atomic mass is 10.1. The van der Waals surface area contributed by atoms with E-state index in [2.05, 4.69) is 10.3 Å². The van der Waals surface area contributed by atoms with Gasteiger partial charge in [0.1, 0.15) is 16.3 Å². The molecule has 0 radical (unpaired) electrons. The predicted molar refractivity (Wildman–Crippen MR) is 122 cm³/mol. The Balaban J connectivity index is 1.69. The first kappa shape index (κ1) is 21.3. The number of methoxy groups -OCH3 is 1. The van der Waals surface area contributed by atoms with Crippen molar-refractivity contribution in [2.75, 3.05) is 12.4 Å². The fraction of sp³-hybridized carbons (Fsp3) is 0.130. The van der Waals surface area contributed by atoms with Crippen LogP contribution in [0.2, 0.25) is 5.02 Å². The summed E-state index contributed by atoms with van der Waals surface area (Å²) in [6.07, 6.45) is 0. The van der Waals surface area contributed by atoms with Gasteiger partial charge < -0.3 is 14.5 Å². The van der Waals surface area contributed by atoms with Gasteiger partial charge >= 0.3 is 0 Å². The molecular weight excluding hydrogens is 434 g/mol. The molecule has 0 bridgehead atoms. The Morgan fingerprint density at radius 1 is 1.12 bits per heavy atom. The molecule has 1 heterocycles. The molecule has 1 amide bonds. The summed E-state index contributed by atoms with van der Waals surface area (Å²) in [6, 6.07) is 12.9. The average Bonchev–Trinajstić information content (AvgIpc) is 3.16. The number of carbonyl (C=O) groups is 1. The quantitative estimate of drug-likeness (QED) is 0.297. The van der Waals surface area contributed by atoms with Gasteiger partial charge in [-0.15, -0.1) is 0 Å². The number of hydrogen-bond donors (Lipinski definition) is 1. The molecule has 4 rings (SSSR count). The van der Waals surface area contributed by atoms with Crippen LogP contribution in [0.3, 0.4) is 0 Å². The largest absolute Gasteiger partial charge is 0.495 e. The Hall–Kier alpha value is -3.91. The number of nitrogens with one attached hydrogen (secondary N) is 1. The van der Waals surface area contributed by atoms with Gasteiger partial charge in [-0.3, -0.25) is 14.9 Å². The van der Waals surface area contributed by atoms with Gasteiger partial charge in [0.25, 0.3) is 11.6 Å². The van der Waals surface area contributed by atoms with Gasteiger partial charge in [0.2, 0.25) is 5.89 Å². The van der Waals surface area contributed by atoms with Crippen molar-refractivity contribution in [2.24, 2.45) is 0 Å². The molecule has 1 aromatic heterocycles. The van der Waals surface area contributed by atoms with Gasteiger partial charge in [-0.25, -0.2) is 4.98 Å². The van der Waals surface area contributed by atoms with E-state index in [4.69, 9.17) is 20.8 Å². The SMILES string of the molecule is COc1ccc(-c2nc3cc(C)c(C)cc3o2)cc1NC(=O)c1ccc(Cl)c([N+](=O)[O-])c1. The van der Waals surface area contributed by atoms with E-state index in [0.29, 0.717) is 28.5 Å². The zero-order chi connectivity index (χ0) is 23.0. The number of carbonyl (C=O) groups excluding carboxylic acids is 1. The zero-order valence-electron chi connectivity index (χ0n) is 17.4. The number of nitro benzene ring substituents is 1. The van der Waals surface area contributed by atoms with E-state index < -0.39 is 10.8 Å². The number of oxazole rings is 1. The van der Waals surface area contributed by atoms with Crippen molar-refractivity contribution in [2.45, 2.75) is 13.8 Å². The summed E-state index contributed by atoms with van der Waals surface area (Å²) in [6.45, 7) is 4.00. The molecular formula is C23H18ClN3O5. The van der Waals surface area contributed by atoms with Gasteiger partial charge in [0.05, 0.1) is 17.7 Å². The number of anilines is 1. The monoisotopic (exact) mass is 451 g/mol.